The van der Waals surface area contributed by atoms with E-state index in [1.807, 2.05) is 27.7 Å². The summed E-state index contributed by atoms with van der Waals surface area (Å²) in [5, 5.41) is 9.70. The minimum absolute atomic E-state index is 0.0321. The van der Waals surface area contributed by atoms with Gasteiger partial charge in [0.15, 0.2) is 5.78 Å². The number of fused-ring (bicyclic) bond motifs is 1. The molecular weight excluding hydrogens is 204 g/mol. The average Bonchev–Trinajstić information content (AvgIpc) is 2.16. The van der Waals surface area contributed by atoms with Crippen LogP contribution in [0.1, 0.15) is 41.8 Å². The van der Waals surface area contributed by atoms with Gasteiger partial charge in [0.25, 0.3) is 0 Å². The summed E-state index contributed by atoms with van der Waals surface area (Å²) in [7, 11) is 0. The number of ether oxygens (including phenoxy) is 1. The smallest absolute Gasteiger partial charge is 0.170 e. The highest BCUT2D eigenvalue weighted by molar-refractivity contribution is 6.01. The van der Waals surface area contributed by atoms with Gasteiger partial charge in [-0.1, -0.05) is 0 Å². The van der Waals surface area contributed by atoms with Crippen molar-refractivity contribution in [2.75, 3.05) is 0 Å². The van der Waals surface area contributed by atoms with Gasteiger partial charge in [-0.15, -0.1) is 0 Å². The molecular formula is C13H16O3. The molecule has 1 aromatic rings. The summed E-state index contributed by atoms with van der Waals surface area (Å²) in [5.41, 5.74) is 1.65. The number of benzene rings is 1. The summed E-state index contributed by atoms with van der Waals surface area (Å²) in [6.07, 6.45) is 0.349. The topological polar surface area (TPSA) is 46.5 Å². The Bertz CT molecular complexity index is 473. The number of carbonyl (C=O) groups excluding carboxylic acids is 1. The van der Waals surface area contributed by atoms with Crippen molar-refractivity contribution in [2.45, 2.75) is 39.7 Å². The highest BCUT2D eigenvalue weighted by Crippen LogP contribution is 2.39. The number of phenols is 1. The molecule has 3 nitrogen and oxygen atoms in total. The zero-order valence-electron chi connectivity index (χ0n) is 10.0. The molecule has 0 saturated heterocycles. The Morgan fingerprint density at radius 1 is 1.31 bits per heavy atom. The molecule has 3 heteroatoms. The van der Waals surface area contributed by atoms with Crippen molar-refractivity contribution in [3.63, 3.8) is 0 Å². The standard InChI is InChI=1S/C13H16O3/c1-7-8(2)12-9(5-10(7)14)11(15)6-13(3,4)16-12/h5,14H,6H2,1-4H3. The maximum absolute atomic E-state index is 11.9. The Morgan fingerprint density at radius 3 is 2.56 bits per heavy atom. The molecule has 0 aromatic heterocycles. The highest BCUT2D eigenvalue weighted by atomic mass is 16.5. The predicted molar refractivity (Wildman–Crippen MR) is 61.2 cm³/mol. The lowest BCUT2D eigenvalue weighted by Crippen LogP contribution is -2.36. The second-order valence-electron chi connectivity index (χ2n) is 4.98. The maximum atomic E-state index is 11.9. The SMILES string of the molecule is Cc1c(O)cc2c(c1C)OC(C)(C)CC2=O. The lowest BCUT2D eigenvalue weighted by Gasteiger charge is -2.33. The molecule has 0 bridgehead atoms. The third-order valence-electron chi connectivity index (χ3n) is 3.08. The van der Waals surface area contributed by atoms with E-state index in [1.54, 1.807) is 0 Å². The van der Waals surface area contributed by atoms with Crippen LogP contribution < -0.4 is 4.74 Å². The van der Waals surface area contributed by atoms with E-state index >= 15 is 0 Å². The van der Waals surface area contributed by atoms with E-state index in [-0.39, 0.29) is 11.5 Å². The molecule has 0 atom stereocenters. The van der Waals surface area contributed by atoms with Crippen molar-refractivity contribution in [3.05, 3.63) is 22.8 Å². The van der Waals surface area contributed by atoms with E-state index in [0.717, 1.165) is 11.1 Å². The van der Waals surface area contributed by atoms with E-state index < -0.39 is 5.60 Å². The second-order valence-corrected chi connectivity index (χ2v) is 4.98. The van der Waals surface area contributed by atoms with E-state index in [9.17, 15) is 9.90 Å². The van der Waals surface area contributed by atoms with E-state index in [2.05, 4.69) is 0 Å². The van der Waals surface area contributed by atoms with Gasteiger partial charge in [-0.3, -0.25) is 4.79 Å². The molecule has 1 aliphatic rings. The van der Waals surface area contributed by atoms with Gasteiger partial charge in [-0.2, -0.15) is 0 Å². The van der Waals surface area contributed by atoms with Crippen LogP contribution in [0, 0.1) is 13.8 Å². The first kappa shape index (κ1) is 11.0. The van der Waals surface area contributed by atoms with Gasteiger partial charge in [0, 0.05) is 0 Å². The molecule has 0 radical (unpaired) electrons. The lowest BCUT2D eigenvalue weighted by atomic mass is 9.90. The van der Waals surface area contributed by atoms with Crippen molar-refractivity contribution in [2.24, 2.45) is 0 Å². The molecule has 1 heterocycles. The molecule has 1 aromatic carbocycles. The minimum atomic E-state index is -0.460. The molecule has 0 spiro atoms. The Hall–Kier alpha value is -1.51. The summed E-state index contributed by atoms with van der Waals surface area (Å²) in [6, 6.07) is 1.51. The van der Waals surface area contributed by atoms with Crippen molar-refractivity contribution < 1.29 is 14.6 Å². The third kappa shape index (κ3) is 1.56. The monoisotopic (exact) mass is 220 g/mol. The van der Waals surface area contributed by atoms with Crippen LogP contribution in [0.2, 0.25) is 0 Å². The summed E-state index contributed by atoms with van der Waals surface area (Å²) >= 11 is 0. The van der Waals surface area contributed by atoms with Crippen LogP contribution in [0.25, 0.3) is 0 Å². The molecule has 2 rings (SSSR count). The molecule has 1 N–H and O–H groups in total. The molecule has 0 amide bonds. The highest BCUT2D eigenvalue weighted by Gasteiger charge is 2.34. The Morgan fingerprint density at radius 2 is 1.94 bits per heavy atom. The molecule has 0 fully saturated rings. The van der Waals surface area contributed by atoms with Crippen molar-refractivity contribution in [3.8, 4) is 11.5 Å². The van der Waals surface area contributed by atoms with Crippen molar-refractivity contribution >= 4 is 5.78 Å². The summed E-state index contributed by atoms with van der Waals surface area (Å²) in [5.74, 6) is 0.814. The fraction of sp³-hybridized carbons (Fsp3) is 0.462. The largest absolute Gasteiger partial charge is 0.508 e. The average molecular weight is 220 g/mol. The van der Waals surface area contributed by atoms with Gasteiger partial charge in [0.1, 0.15) is 17.1 Å². The maximum Gasteiger partial charge on any atom is 0.170 e. The van der Waals surface area contributed by atoms with Gasteiger partial charge in [-0.25, -0.2) is 0 Å². The van der Waals surface area contributed by atoms with Crippen LogP contribution in [0.3, 0.4) is 0 Å². The molecule has 0 saturated carbocycles. The lowest BCUT2D eigenvalue weighted by molar-refractivity contribution is 0.0614. The molecule has 0 unspecified atom stereocenters. The summed E-state index contributed by atoms with van der Waals surface area (Å²) < 4.78 is 5.82. The first-order valence-corrected chi connectivity index (χ1v) is 5.37. The second kappa shape index (κ2) is 3.24. The van der Waals surface area contributed by atoms with E-state index in [4.69, 9.17) is 4.74 Å². The first-order chi connectivity index (χ1) is 7.32. The predicted octanol–water partition coefficient (Wildman–Crippen LogP) is 2.75. The number of ketones is 1. The fourth-order valence-corrected chi connectivity index (χ4v) is 2.01. The zero-order chi connectivity index (χ0) is 12.1. The number of hydrogen-bond donors (Lipinski definition) is 1. The number of carbonyl (C=O) groups is 1. The van der Waals surface area contributed by atoms with Crippen LogP contribution in [0.15, 0.2) is 6.07 Å². The molecule has 16 heavy (non-hydrogen) atoms. The summed E-state index contributed by atoms with van der Waals surface area (Å²) in [4.78, 5) is 11.9. The fourth-order valence-electron chi connectivity index (χ4n) is 2.01. The molecule has 86 valence electrons. The number of aromatic hydroxyl groups is 1. The third-order valence-corrected chi connectivity index (χ3v) is 3.08. The van der Waals surface area contributed by atoms with Crippen molar-refractivity contribution in [1.29, 1.82) is 0 Å². The van der Waals surface area contributed by atoms with Gasteiger partial charge < -0.3 is 9.84 Å². The van der Waals surface area contributed by atoms with Crippen LogP contribution in [0.4, 0.5) is 0 Å². The van der Waals surface area contributed by atoms with Gasteiger partial charge >= 0.3 is 0 Å². The normalized spacial score (nSPS) is 17.9. The quantitative estimate of drug-likeness (QED) is 0.731. The zero-order valence-corrected chi connectivity index (χ0v) is 10.0. The van der Waals surface area contributed by atoms with Gasteiger partial charge in [0.05, 0.1) is 12.0 Å². The number of Topliss-reactive ketones (excluding diaryl/α,β-unsaturated/α-hetero) is 1. The van der Waals surface area contributed by atoms with Crippen LogP contribution in [-0.4, -0.2) is 16.5 Å². The van der Waals surface area contributed by atoms with Gasteiger partial charge in [0.2, 0.25) is 0 Å². The van der Waals surface area contributed by atoms with Crippen LogP contribution in [-0.2, 0) is 0 Å². The molecule has 1 aliphatic heterocycles. The van der Waals surface area contributed by atoms with E-state index in [1.165, 1.54) is 6.07 Å². The number of hydrogen-bond acceptors (Lipinski definition) is 3. The Kier molecular flexibility index (Phi) is 2.22. The van der Waals surface area contributed by atoms with Gasteiger partial charge in [-0.05, 0) is 44.9 Å². The van der Waals surface area contributed by atoms with Crippen LogP contribution >= 0.6 is 0 Å². The number of phenolic OH excluding ortho intramolecular Hbond substituents is 1. The minimum Gasteiger partial charge on any atom is -0.508 e. The van der Waals surface area contributed by atoms with Crippen molar-refractivity contribution in [1.82, 2.24) is 0 Å². The molecule has 0 aliphatic carbocycles. The Balaban J connectivity index is 2.67. The summed E-state index contributed by atoms with van der Waals surface area (Å²) in [6.45, 7) is 7.48. The first-order valence-electron chi connectivity index (χ1n) is 5.37. The number of rotatable bonds is 0. The van der Waals surface area contributed by atoms with E-state index in [0.29, 0.717) is 17.7 Å². The Labute approximate surface area is 95.0 Å². The van der Waals surface area contributed by atoms with Crippen LogP contribution in [0.5, 0.6) is 11.5 Å².